The van der Waals surface area contributed by atoms with E-state index in [1.807, 2.05) is 32.9 Å². The molecule has 112 valence electrons. The summed E-state index contributed by atoms with van der Waals surface area (Å²) in [6.45, 7) is 6.24. The van der Waals surface area contributed by atoms with Crippen LogP contribution in [0.3, 0.4) is 0 Å². The molecule has 5 heteroatoms. The Morgan fingerprint density at radius 1 is 1.40 bits per heavy atom. The fraction of sp³-hybridized carbons (Fsp3) is 0.533. The van der Waals surface area contributed by atoms with Crippen LogP contribution in [0.4, 0.5) is 10.5 Å². The zero-order valence-corrected chi connectivity index (χ0v) is 12.6. The van der Waals surface area contributed by atoms with E-state index in [0.29, 0.717) is 23.8 Å². The third-order valence-corrected chi connectivity index (χ3v) is 2.85. The van der Waals surface area contributed by atoms with Crippen molar-refractivity contribution in [2.75, 3.05) is 19.0 Å². The van der Waals surface area contributed by atoms with Crippen LogP contribution in [-0.2, 0) is 0 Å². The van der Waals surface area contributed by atoms with Crippen molar-refractivity contribution in [2.45, 2.75) is 33.3 Å². The lowest BCUT2D eigenvalue weighted by Crippen LogP contribution is -2.35. The summed E-state index contributed by atoms with van der Waals surface area (Å²) in [7, 11) is 1.56. The average molecular weight is 280 g/mol. The van der Waals surface area contributed by atoms with Crippen LogP contribution in [0.1, 0.15) is 25.8 Å². The van der Waals surface area contributed by atoms with Crippen LogP contribution in [0.15, 0.2) is 18.2 Å². The van der Waals surface area contributed by atoms with Gasteiger partial charge in [0.25, 0.3) is 0 Å². The predicted molar refractivity (Wildman–Crippen MR) is 80.2 cm³/mol. The van der Waals surface area contributed by atoms with Gasteiger partial charge in [-0.2, -0.15) is 0 Å². The Bertz CT molecular complexity index is 447. The first kappa shape index (κ1) is 16.3. The molecule has 5 nitrogen and oxygen atoms in total. The molecule has 0 aromatic heterocycles. The van der Waals surface area contributed by atoms with Crippen molar-refractivity contribution in [3.8, 4) is 5.75 Å². The van der Waals surface area contributed by atoms with Crippen molar-refractivity contribution in [1.82, 2.24) is 5.32 Å². The Hall–Kier alpha value is -1.75. The monoisotopic (exact) mass is 280 g/mol. The normalized spacial score (nSPS) is 12.1. The maximum Gasteiger partial charge on any atom is 0.319 e. The summed E-state index contributed by atoms with van der Waals surface area (Å²) in [5, 5.41) is 15.1. The molecule has 0 aliphatic rings. The molecule has 1 rings (SSSR count). The van der Waals surface area contributed by atoms with E-state index >= 15 is 0 Å². The molecule has 0 spiro atoms. The molecule has 0 heterocycles. The minimum Gasteiger partial charge on any atom is -0.495 e. The Kier molecular flexibility index (Phi) is 6.31. The minimum atomic E-state index is -0.527. The van der Waals surface area contributed by atoms with Crippen LogP contribution in [-0.4, -0.2) is 30.9 Å². The van der Waals surface area contributed by atoms with Crippen molar-refractivity contribution in [3.05, 3.63) is 23.8 Å². The van der Waals surface area contributed by atoms with Gasteiger partial charge in [0.2, 0.25) is 0 Å². The lowest BCUT2D eigenvalue weighted by molar-refractivity contribution is 0.148. The maximum absolute atomic E-state index is 11.8. The number of urea groups is 1. The van der Waals surface area contributed by atoms with Crippen LogP contribution in [0, 0.1) is 12.8 Å². The molecular formula is C15H24N2O3. The van der Waals surface area contributed by atoms with Crippen molar-refractivity contribution < 1.29 is 14.6 Å². The number of aliphatic hydroxyl groups is 1. The standard InChI is InChI=1S/C15H24N2O3/c1-10(2)7-12(18)9-16-15(19)17-13-6-5-11(3)8-14(13)20-4/h5-6,8,10,12,18H,7,9H2,1-4H3,(H2,16,17,19). The van der Waals surface area contributed by atoms with Gasteiger partial charge in [-0.25, -0.2) is 4.79 Å². The van der Waals surface area contributed by atoms with Crippen molar-refractivity contribution in [3.63, 3.8) is 0 Å². The van der Waals surface area contributed by atoms with E-state index in [2.05, 4.69) is 10.6 Å². The number of hydrogen-bond acceptors (Lipinski definition) is 3. The highest BCUT2D eigenvalue weighted by molar-refractivity contribution is 5.90. The molecule has 0 fully saturated rings. The Morgan fingerprint density at radius 3 is 2.70 bits per heavy atom. The summed E-state index contributed by atoms with van der Waals surface area (Å²) < 4.78 is 5.21. The summed E-state index contributed by atoms with van der Waals surface area (Å²) >= 11 is 0. The number of anilines is 1. The van der Waals surface area contributed by atoms with Gasteiger partial charge in [0, 0.05) is 6.54 Å². The van der Waals surface area contributed by atoms with E-state index in [4.69, 9.17) is 4.74 Å². The van der Waals surface area contributed by atoms with Gasteiger partial charge in [0.1, 0.15) is 5.75 Å². The molecule has 0 radical (unpaired) electrons. The number of aryl methyl sites for hydroxylation is 1. The molecule has 3 N–H and O–H groups in total. The second-order valence-corrected chi connectivity index (χ2v) is 5.32. The van der Waals surface area contributed by atoms with Crippen molar-refractivity contribution in [2.24, 2.45) is 5.92 Å². The van der Waals surface area contributed by atoms with E-state index in [9.17, 15) is 9.90 Å². The number of nitrogens with one attached hydrogen (secondary N) is 2. The minimum absolute atomic E-state index is 0.234. The lowest BCUT2D eigenvalue weighted by Gasteiger charge is -2.15. The molecule has 1 unspecified atom stereocenters. The molecular weight excluding hydrogens is 256 g/mol. The van der Waals surface area contributed by atoms with Crippen LogP contribution in [0.5, 0.6) is 5.75 Å². The summed E-state index contributed by atoms with van der Waals surface area (Å²) in [5.41, 5.74) is 1.66. The third-order valence-electron chi connectivity index (χ3n) is 2.85. The highest BCUT2D eigenvalue weighted by atomic mass is 16.5. The summed E-state index contributed by atoms with van der Waals surface area (Å²) in [4.78, 5) is 11.8. The molecule has 20 heavy (non-hydrogen) atoms. The fourth-order valence-electron chi connectivity index (χ4n) is 1.91. The quantitative estimate of drug-likeness (QED) is 0.750. The maximum atomic E-state index is 11.8. The first-order valence-electron chi connectivity index (χ1n) is 6.80. The first-order valence-corrected chi connectivity index (χ1v) is 6.80. The van der Waals surface area contributed by atoms with Gasteiger partial charge in [-0.3, -0.25) is 0 Å². The number of aliphatic hydroxyl groups excluding tert-OH is 1. The molecule has 0 bridgehead atoms. The average Bonchev–Trinajstić information content (AvgIpc) is 2.37. The molecule has 2 amide bonds. The second kappa shape index (κ2) is 7.75. The Balaban J connectivity index is 2.50. The Labute approximate surface area is 120 Å². The zero-order valence-electron chi connectivity index (χ0n) is 12.6. The van der Waals surface area contributed by atoms with Gasteiger partial charge in [-0.1, -0.05) is 19.9 Å². The van der Waals surface area contributed by atoms with E-state index in [-0.39, 0.29) is 12.6 Å². The number of hydrogen-bond donors (Lipinski definition) is 3. The SMILES string of the molecule is COc1cc(C)ccc1NC(=O)NCC(O)CC(C)C. The van der Waals surface area contributed by atoms with Crippen LogP contribution in [0.25, 0.3) is 0 Å². The highest BCUT2D eigenvalue weighted by Crippen LogP contribution is 2.24. The van der Waals surface area contributed by atoms with Gasteiger partial charge < -0.3 is 20.5 Å². The van der Waals surface area contributed by atoms with Gasteiger partial charge >= 0.3 is 6.03 Å². The number of benzene rings is 1. The molecule has 1 aromatic carbocycles. The smallest absolute Gasteiger partial charge is 0.319 e. The highest BCUT2D eigenvalue weighted by Gasteiger charge is 2.10. The Morgan fingerprint density at radius 2 is 2.10 bits per heavy atom. The summed E-state index contributed by atoms with van der Waals surface area (Å²) in [5.74, 6) is 1.01. The van der Waals surface area contributed by atoms with Crippen molar-refractivity contribution in [1.29, 1.82) is 0 Å². The molecule has 0 saturated heterocycles. The van der Waals surface area contributed by atoms with Gasteiger partial charge in [-0.15, -0.1) is 0 Å². The van der Waals surface area contributed by atoms with Crippen LogP contribution in [0.2, 0.25) is 0 Å². The van der Waals surface area contributed by atoms with Gasteiger partial charge in [0.05, 0.1) is 18.9 Å². The summed E-state index contributed by atoms with van der Waals surface area (Å²) in [6, 6.07) is 5.18. The second-order valence-electron chi connectivity index (χ2n) is 5.32. The van der Waals surface area contributed by atoms with Crippen LogP contribution < -0.4 is 15.4 Å². The number of rotatable bonds is 6. The number of carbonyl (C=O) groups excluding carboxylic acids is 1. The predicted octanol–water partition coefficient (Wildman–Crippen LogP) is 2.53. The zero-order chi connectivity index (χ0) is 15.1. The molecule has 0 saturated carbocycles. The van der Waals surface area contributed by atoms with E-state index in [0.717, 1.165) is 5.56 Å². The van der Waals surface area contributed by atoms with E-state index < -0.39 is 6.10 Å². The van der Waals surface area contributed by atoms with Gasteiger partial charge in [-0.05, 0) is 37.0 Å². The number of methoxy groups -OCH3 is 1. The van der Waals surface area contributed by atoms with E-state index in [1.165, 1.54) is 0 Å². The topological polar surface area (TPSA) is 70.6 Å². The van der Waals surface area contributed by atoms with E-state index in [1.54, 1.807) is 13.2 Å². The fourth-order valence-corrected chi connectivity index (χ4v) is 1.91. The number of ether oxygens (including phenoxy) is 1. The third kappa shape index (κ3) is 5.48. The first-order chi connectivity index (χ1) is 9.42. The molecule has 0 aliphatic heterocycles. The lowest BCUT2D eigenvalue weighted by atomic mass is 10.1. The molecule has 1 aromatic rings. The molecule has 0 aliphatic carbocycles. The van der Waals surface area contributed by atoms with Crippen molar-refractivity contribution >= 4 is 11.7 Å². The number of amides is 2. The molecule has 1 atom stereocenters. The van der Waals surface area contributed by atoms with Gasteiger partial charge in [0.15, 0.2) is 0 Å². The largest absolute Gasteiger partial charge is 0.495 e. The van der Waals surface area contributed by atoms with Crippen LogP contribution >= 0.6 is 0 Å². The number of carbonyl (C=O) groups is 1. The summed E-state index contributed by atoms with van der Waals surface area (Å²) in [6.07, 6.45) is 0.134.